The maximum atomic E-state index is 6.28. The Morgan fingerprint density at radius 2 is 1.95 bits per heavy atom. The number of hydrogen-bond acceptors (Lipinski definition) is 4. The number of halogens is 1. The Labute approximate surface area is 132 Å². The van der Waals surface area contributed by atoms with Crippen molar-refractivity contribution < 1.29 is 4.74 Å². The summed E-state index contributed by atoms with van der Waals surface area (Å²) in [5.41, 5.74) is 0.699. The Bertz CT molecular complexity index is 523. The van der Waals surface area contributed by atoms with Crippen LogP contribution in [0.5, 0.6) is 0 Å². The summed E-state index contributed by atoms with van der Waals surface area (Å²) < 4.78 is 5.77. The van der Waals surface area contributed by atoms with Gasteiger partial charge in [0, 0.05) is 23.6 Å². The van der Waals surface area contributed by atoms with Crippen LogP contribution in [0.15, 0.2) is 0 Å². The third kappa shape index (κ3) is 4.07. The molecule has 21 heavy (non-hydrogen) atoms. The monoisotopic (exact) mass is 311 g/mol. The highest BCUT2D eigenvalue weighted by molar-refractivity contribution is 6.30. The lowest BCUT2D eigenvalue weighted by atomic mass is 9.93. The van der Waals surface area contributed by atoms with Crippen LogP contribution < -0.4 is 5.32 Å². The molecular formula is C16H26ClN3O. The molecule has 1 unspecified atom stereocenters. The quantitative estimate of drug-likeness (QED) is 0.835. The topological polar surface area (TPSA) is 47.0 Å². The molecule has 2 heterocycles. The summed E-state index contributed by atoms with van der Waals surface area (Å²) in [5, 5.41) is 4.07. The van der Waals surface area contributed by atoms with Crippen molar-refractivity contribution in [3.8, 4) is 0 Å². The first-order valence-electron chi connectivity index (χ1n) is 7.53. The lowest BCUT2D eigenvalue weighted by Crippen LogP contribution is -2.40. The molecule has 1 fully saturated rings. The first-order valence-corrected chi connectivity index (χ1v) is 7.91. The molecule has 2 rings (SSSR count). The molecular weight excluding hydrogens is 286 g/mol. The Morgan fingerprint density at radius 1 is 1.29 bits per heavy atom. The zero-order chi connectivity index (χ0) is 15.8. The van der Waals surface area contributed by atoms with E-state index in [4.69, 9.17) is 21.3 Å². The van der Waals surface area contributed by atoms with Gasteiger partial charge in [0.05, 0.1) is 5.60 Å². The van der Waals surface area contributed by atoms with Crippen LogP contribution in [-0.4, -0.2) is 28.2 Å². The van der Waals surface area contributed by atoms with Crippen LogP contribution in [0, 0.1) is 6.92 Å². The average Bonchev–Trinajstić information content (AvgIpc) is 2.32. The van der Waals surface area contributed by atoms with E-state index in [1.165, 1.54) is 0 Å². The SMILES string of the molecule is Cc1c(Cl)nc(C(C)(C)C)nc1NC1CCOC(C)(C)C1. The molecule has 1 aliphatic heterocycles. The highest BCUT2D eigenvalue weighted by atomic mass is 35.5. The molecule has 0 aromatic carbocycles. The zero-order valence-corrected chi connectivity index (χ0v) is 14.6. The van der Waals surface area contributed by atoms with E-state index in [9.17, 15) is 0 Å². The number of nitrogens with zero attached hydrogens (tertiary/aromatic N) is 2. The van der Waals surface area contributed by atoms with E-state index in [-0.39, 0.29) is 11.0 Å². The van der Waals surface area contributed by atoms with Crippen molar-refractivity contribution in [3.63, 3.8) is 0 Å². The summed E-state index contributed by atoms with van der Waals surface area (Å²) in [6.45, 7) is 13.3. The van der Waals surface area contributed by atoms with Gasteiger partial charge in [0.25, 0.3) is 0 Å². The number of anilines is 1. The van der Waals surface area contributed by atoms with Crippen LogP contribution in [0.1, 0.15) is 58.8 Å². The minimum Gasteiger partial charge on any atom is -0.375 e. The van der Waals surface area contributed by atoms with Crippen molar-refractivity contribution in [2.24, 2.45) is 0 Å². The molecule has 0 amide bonds. The Hall–Kier alpha value is -0.870. The number of ether oxygens (including phenoxy) is 1. The highest BCUT2D eigenvalue weighted by Gasteiger charge is 2.30. The molecule has 0 spiro atoms. The minimum atomic E-state index is -0.122. The molecule has 0 saturated carbocycles. The van der Waals surface area contributed by atoms with Gasteiger partial charge in [0.15, 0.2) is 0 Å². The molecule has 1 aliphatic rings. The molecule has 1 N–H and O–H groups in total. The summed E-state index contributed by atoms with van der Waals surface area (Å²) in [5.74, 6) is 1.62. The zero-order valence-electron chi connectivity index (χ0n) is 13.9. The first-order chi connectivity index (χ1) is 9.58. The van der Waals surface area contributed by atoms with Gasteiger partial charge in [0.2, 0.25) is 0 Å². The third-order valence-electron chi connectivity index (χ3n) is 3.80. The largest absolute Gasteiger partial charge is 0.375 e. The normalized spacial score (nSPS) is 22.1. The summed E-state index contributed by atoms with van der Waals surface area (Å²) in [6, 6.07) is 0.353. The van der Waals surface area contributed by atoms with Crippen LogP contribution in [-0.2, 0) is 10.2 Å². The Morgan fingerprint density at radius 3 is 2.52 bits per heavy atom. The van der Waals surface area contributed by atoms with Crippen LogP contribution >= 0.6 is 11.6 Å². The van der Waals surface area contributed by atoms with E-state index in [1.807, 2.05) is 6.92 Å². The van der Waals surface area contributed by atoms with Gasteiger partial charge in [0.1, 0.15) is 16.8 Å². The van der Waals surface area contributed by atoms with Crippen molar-refractivity contribution in [2.75, 3.05) is 11.9 Å². The maximum Gasteiger partial charge on any atom is 0.137 e. The summed E-state index contributed by atoms with van der Waals surface area (Å²) in [4.78, 5) is 9.11. The molecule has 118 valence electrons. The van der Waals surface area contributed by atoms with Gasteiger partial charge in [-0.05, 0) is 33.6 Å². The van der Waals surface area contributed by atoms with Crippen LogP contribution in [0.4, 0.5) is 5.82 Å². The Kier molecular flexibility index (Phi) is 4.50. The van der Waals surface area contributed by atoms with E-state index in [0.717, 1.165) is 36.7 Å². The Balaban J connectivity index is 2.25. The molecule has 0 bridgehead atoms. The van der Waals surface area contributed by atoms with Gasteiger partial charge >= 0.3 is 0 Å². The smallest absolute Gasteiger partial charge is 0.137 e. The lowest BCUT2D eigenvalue weighted by molar-refractivity contribution is -0.0553. The van der Waals surface area contributed by atoms with Gasteiger partial charge < -0.3 is 10.1 Å². The van der Waals surface area contributed by atoms with Gasteiger partial charge in [-0.1, -0.05) is 32.4 Å². The van der Waals surface area contributed by atoms with Crippen molar-refractivity contribution in [1.29, 1.82) is 0 Å². The fourth-order valence-corrected chi connectivity index (χ4v) is 2.68. The van der Waals surface area contributed by atoms with E-state index in [2.05, 4.69) is 44.9 Å². The second-order valence-corrected chi connectivity index (χ2v) is 7.86. The van der Waals surface area contributed by atoms with E-state index in [0.29, 0.717) is 11.2 Å². The minimum absolute atomic E-state index is 0.0898. The van der Waals surface area contributed by atoms with Crippen molar-refractivity contribution >= 4 is 17.4 Å². The average molecular weight is 312 g/mol. The fraction of sp³-hybridized carbons (Fsp3) is 0.750. The second kappa shape index (κ2) is 5.73. The molecule has 1 aromatic heterocycles. The van der Waals surface area contributed by atoms with Gasteiger partial charge in [-0.25, -0.2) is 9.97 Å². The van der Waals surface area contributed by atoms with Gasteiger partial charge in [-0.3, -0.25) is 0 Å². The molecule has 0 radical (unpaired) electrons. The predicted octanol–water partition coefficient (Wildman–Crippen LogP) is 4.11. The molecule has 1 atom stereocenters. The van der Waals surface area contributed by atoms with Gasteiger partial charge in [-0.15, -0.1) is 0 Å². The van der Waals surface area contributed by atoms with Crippen LogP contribution in [0.25, 0.3) is 0 Å². The first kappa shape index (κ1) is 16.5. The van der Waals surface area contributed by atoms with E-state index < -0.39 is 0 Å². The van der Waals surface area contributed by atoms with E-state index in [1.54, 1.807) is 0 Å². The van der Waals surface area contributed by atoms with Crippen LogP contribution in [0.2, 0.25) is 5.15 Å². The summed E-state index contributed by atoms with van der Waals surface area (Å²) in [6.07, 6.45) is 1.94. The number of aromatic nitrogens is 2. The van der Waals surface area contributed by atoms with Gasteiger partial charge in [-0.2, -0.15) is 0 Å². The predicted molar refractivity (Wildman–Crippen MR) is 87.2 cm³/mol. The van der Waals surface area contributed by atoms with Crippen LogP contribution in [0.3, 0.4) is 0 Å². The highest BCUT2D eigenvalue weighted by Crippen LogP contribution is 2.30. The van der Waals surface area contributed by atoms with Crippen molar-refractivity contribution in [3.05, 3.63) is 16.5 Å². The fourth-order valence-electron chi connectivity index (χ4n) is 2.51. The standard InChI is InChI=1S/C16H26ClN3O/c1-10-12(17)19-14(15(2,3)4)20-13(10)18-11-7-8-21-16(5,6)9-11/h11H,7-9H2,1-6H3,(H,18,19,20). The number of nitrogens with one attached hydrogen (secondary N) is 1. The van der Waals surface area contributed by atoms with Crippen molar-refractivity contribution in [1.82, 2.24) is 9.97 Å². The van der Waals surface area contributed by atoms with E-state index >= 15 is 0 Å². The summed E-state index contributed by atoms with van der Waals surface area (Å²) >= 11 is 6.28. The maximum absolute atomic E-state index is 6.28. The number of hydrogen-bond donors (Lipinski definition) is 1. The molecule has 5 heteroatoms. The molecule has 1 aromatic rings. The molecule has 0 aliphatic carbocycles. The lowest BCUT2D eigenvalue weighted by Gasteiger charge is -2.36. The number of rotatable bonds is 2. The second-order valence-electron chi connectivity index (χ2n) is 7.50. The molecule has 1 saturated heterocycles. The molecule has 4 nitrogen and oxygen atoms in total. The van der Waals surface area contributed by atoms with Crippen molar-refractivity contribution in [2.45, 2.75) is 71.4 Å². The third-order valence-corrected chi connectivity index (χ3v) is 4.16. The summed E-state index contributed by atoms with van der Waals surface area (Å²) in [7, 11) is 0.